The minimum Gasteiger partial charge on any atom is -0.360 e. The topological polar surface area (TPSA) is 61.6 Å². The summed E-state index contributed by atoms with van der Waals surface area (Å²) in [6, 6.07) is 8.34. The predicted octanol–water partition coefficient (Wildman–Crippen LogP) is 2.62. The molecule has 3 aromatic rings. The molecule has 0 spiro atoms. The van der Waals surface area contributed by atoms with Crippen molar-refractivity contribution in [1.82, 2.24) is 24.8 Å². The van der Waals surface area contributed by atoms with Gasteiger partial charge in [0.15, 0.2) is 5.96 Å². The second kappa shape index (κ2) is 8.88. The predicted molar refractivity (Wildman–Crippen MR) is 114 cm³/mol. The number of nitrogens with zero attached hydrogens (tertiary/aromatic N) is 6. The van der Waals surface area contributed by atoms with Gasteiger partial charge in [-0.25, -0.2) is 15.0 Å². The summed E-state index contributed by atoms with van der Waals surface area (Å²) < 4.78 is 1.93. The zero-order valence-electron chi connectivity index (χ0n) is 16.0. The highest BCUT2D eigenvalue weighted by Crippen LogP contribution is 2.22. The first-order valence-electron chi connectivity index (χ1n) is 9.59. The van der Waals surface area contributed by atoms with Gasteiger partial charge in [-0.1, -0.05) is 6.07 Å². The number of nitrogens with one attached hydrogen (secondary N) is 1. The number of guanidine groups is 1. The Morgan fingerprint density at radius 1 is 1.18 bits per heavy atom. The Morgan fingerprint density at radius 2 is 2.07 bits per heavy atom. The number of anilines is 1. The van der Waals surface area contributed by atoms with E-state index in [1.54, 1.807) is 30.1 Å². The Hall–Kier alpha value is -2.87. The minimum atomic E-state index is 0.578. The molecule has 0 aliphatic carbocycles. The van der Waals surface area contributed by atoms with Gasteiger partial charge in [0.2, 0.25) is 0 Å². The molecule has 1 N–H and O–H groups in total. The maximum atomic E-state index is 4.91. The van der Waals surface area contributed by atoms with E-state index in [0.717, 1.165) is 50.1 Å². The van der Waals surface area contributed by atoms with Crippen LogP contribution in [-0.4, -0.2) is 58.1 Å². The Labute approximate surface area is 169 Å². The van der Waals surface area contributed by atoms with Crippen molar-refractivity contribution in [3.63, 3.8) is 0 Å². The maximum absolute atomic E-state index is 4.91. The molecular weight excluding hydrogens is 370 g/mol. The molecule has 0 unspecified atom stereocenters. The molecule has 0 amide bonds. The van der Waals surface area contributed by atoms with Crippen LogP contribution in [0.4, 0.5) is 5.00 Å². The molecule has 1 saturated heterocycles. The third-order valence-corrected chi connectivity index (χ3v) is 5.68. The van der Waals surface area contributed by atoms with Crippen LogP contribution in [0.25, 0.3) is 5.82 Å². The highest BCUT2D eigenvalue weighted by atomic mass is 32.1. The van der Waals surface area contributed by atoms with Gasteiger partial charge < -0.3 is 15.1 Å². The normalized spacial score (nSPS) is 15.1. The van der Waals surface area contributed by atoms with Crippen molar-refractivity contribution < 1.29 is 0 Å². The van der Waals surface area contributed by atoms with Gasteiger partial charge in [-0.05, 0) is 30.5 Å². The third kappa shape index (κ3) is 4.17. The van der Waals surface area contributed by atoms with E-state index >= 15 is 0 Å². The molecule has 0 aromatic carbocycles. The monoisotopic (exact) mass is 395 g/mol. The molecule has 0 atom stereocenters. The van der Waals surface area contributed by atoms with Crippen LogP contribution in [0.15, 0.2) is 59.6 Å². The van der Waals surface area contributed by atoms with Gasteiger partial charge in [0.25, 0.3) is 0 Å². The summed E-state index contributed by atoms with van der Waals surface area (Å²) in [4.78, 5) is 18.3. The van der Waals surface area contributed by atoms with Gasteiger partial charge in [0, 0.05) is 56.9 Å². The first kappa shape index (κ1) is 18.5. The fraction of sp³-hybridized carbons (Fsp3) is 0.350. The summed E-state index contributed by atoms with van der Waals surface area (Å²) >= 11 is 1.80. The molecule has 0 saturated carbocycles. The van der Waals surface area contributed by atoms with E-state index in [4.69, 9.17) is 4.99 Å². The Bertz CT molecular complexity index is 881. The van der Waals surface area contributed by atoms with Gasteiger partial charge in [0.1, 0.15) is 12.1 Å². The summed E-state index contributed by atoms with van der Waals surface area (Å²) in [5, 5.41) is 6.93. The van der Waals surface area contributed by atoms with Crippen molar-refractivity contribution in [2.75, 3.05) is 37.6 Å². The molecule has 4 rings (SSSR count). The van der Waals surface area contributed by atoms with Crippen LogP contribution in [0.5, 0.6) is 0 Å². The summed E-state index contributed by atoms with van der Waals surface area (Å²) in [6.45, 7) is 7.49. The van der Waals surface area contributed by atoms with Crippen molar-refractivity contribution >= 4 is 22.3 Å². The van der Waals surface area contributed by atoms with E-state index in [2.05, 4.69) is 55.6 Å². The van der Waals surface area contributed by atoms with Crippen LogP contribution in [0.2, 0.25) is 0 Å². The lowest BCUT2D eigenvalue weighted by Crippen LogP contribution is -2.52. The molecular formula is C20H25N7S. The Morgan fingerprint density at radius 3 is 2.79 bits per heavy atom. The number of piperazine rings is 1. The number of hydrogen-bond acceptors (Lipinski definition) is 5. The third-order valence-electron chi connectivity index (χ3n) is 4.75. The summed E-state index contributed by atoms with van der Waals surface area (Å²) in [6.07, 6.45) is 7.24. The SMILES string of the molecule is CCNC(=NCc1cccnc1-n1ccnc1)N1CCN(c2cccs2)CC1. The number of imidazole rings is 1. The molecule has 1 fully saturated rings. The van der Waals surface area contributed by atoms with E-state index < -0.39 is 0 Å². The number of aliphatic imine (C=N–C) groups is 1. The van der Waals surface area contributed by atoms with Gasteiger partial charge in [-0.2, -0.15) is 0 Å². The zero-order chi connectivity index (χ0) is 19.2. The number of hydrogen-bond donors (Lipinski definition) is 1. The molecule has 1 aliphatic heterocycles. The first-order valence-corrected chi connectivity index (χ1v) is 10.5. The van der Waals surface area contributed by atoms with E-state index in [0.29, 0.717) is 6.54 Å². The van der Waals surface area contributed by atoms with Gasteiger partial charge in [0.05, 0.1) is 11.5 Å². The first-order chi connectivity index (χ1) is 13.8. The zero-order valence-corrected chi connectivity index (χ0v) is 16.8. The van der Waals surface area contributed by atoms with Crippen LogP contribution >= 0.6 is 11.3 Å². The highest BCUT2D eigenvalue weighted by molar-refractivity contribution is 7.14. The quantitative estimate of drug-likeness (QED) is 0.532. The van der Waals surface area contributed by atoms with E-state index in [1.165, 1.54) is 5.00 Å². The second-order valence-corrected chi connectivity index (χ2v) is 7.48. The number of pyridine rings is 1. The van der Waals surface area contributed by atoms with Crippen molar-refractivity contribution in [2.24, 2.45) is 4.99 Å². The van der Waals surface area contributed by atoms with Gasteiger partial charge in [-0.3, -0.25) is 4.57 Å². The molecule has 8 heteroatoms. The molecule has 28 heavy (non-hydrogen) atoms. The van der Waals surface area contributed by atoms with Gasteiger partial charge in [-0.15, -0.1) is 11.3 Å². The van der Waals surface area contributed by atoms with Crippen LogP contribution in [0, 0.1) is 0 Å². The Balaban J connectivity index is 1.46. The van der Waals surface area contributed by atoms with Crippen LogP contribution < -0.4 is 10.2 Å². The summed E-state index contributed by atoms with van der Waals surface area (Å²) in [5.74, 6) is 1.84. The summed E-state index contributed by atoms with van der Waals surface area (Å²) in [5.41, 5.74) is 1.08. The largest absolute Gasteiger partial charge is 0.360 e. The van der Waals surface area contributed by atoms with Crippen molar-refractivity contribution in [2.45, 2.75) is 13.5 Å². The average molecular weight is 396 g/mol. The fourth-order valence-electron chi connectivity index (χ4n) is 3.34. The second-order valence-electron chi connectivity index (χ2n) is 6.55. The lowest BCUT2D eigenvalue weighted by molar-refractivity contribution is 0.373. The molecule has 4 heterocycles. The van der Waals surface area contributed by atoms with Crippen molar-refractivity contribution in [3.05, 3.63) is 60.1 Å². The lowest BCUT2D eigenvalue weighted by Gasteiger charge is -2.37. The van der Waals surface area contributed by atoms with Gasteiger partial charge >= 0.3 is 0 Å². The molecule has 1 aliphatic rings. The molecule has 146 valence electrons. The van der Waals surface area contributed by atoms with Crippen LogP contribution in [0.3, 0.4) is 0 Å². The smallest absolute Gasteiger partial charge is 0.194 e. The molecule has 3 aromatic heterocycles. The number of rotatable bonds is 5. The highest BCUT2D eigenvalue weighted by Gasteiger charge is 2.20. The van der Waals surface area contributed by atoms with E-state index in [9.17, 15) is 0 Å². The number of thiophene rings is 1. The molecule has 0 radical (unpaired) electrons. The van der Waals surface area contributed by atoms with Crippen LogP contribution in [-0.2, 0) is 6.54 Å². The fourth-order valence-corrected chi connectivity index (χ4v) is 4.13. The maximum Gasteiger partial charge on any atom is 0.194 e. The number of aromatic nitrogens is 3. The Kier molecular flexibility index (Phi) is 5.86. The van der Waals surface area contributed by atoms with E-state index in [-0.39, 0.29) is 0 Å². The lowest BCUT2D eigenvalue weighted by atomic mass is 10.2. The summed E-state index contributed by atoms with van der Waals surface area (Å²) in [7, 11) is 0. The van der Waals surface area contributed by atoms with E-state index in [1.807, 2.05) is 16.8 Å². The average Bonchev–Trinajstić information content (AvgIpc) is 3.46. The van der Waals surface area contributed by atoms with Crippen molar-refractivity contribution in [3.8, 4) is 5.82 Å². The molecule has 0 bridgehead atoms. The minimum absolute atomic E-state index is 0.578. The standard InChI is InChI=1S/C20H25N7S/c1-2-22-20(26-12-10-25(11-13-26)18-6-4-14-28-18)24-15-17-5-3-7-23-19(17)27-9-8-21-16-27/h3-9,14,16H,2,10-13,15H2,1H3,(H,22,24). The van der Waals surface area contributed by atoms with Crippen LogP contribution in [0.1, 0.15) is 12.5 Å². The van der Waals surface area contributed by atoms with Crippen molar-refractivity contribution in [1.29, 1.82) is 0 Å². The molecule has 7 nitrogen and oxygen atoms in total.